The average Bonchev–Trinajstić information content (AvgIpc) is 2.77. The summed E-state index contributed by atoms with van der Waals surface area (Å²) >= 11 is 0. The van der Waals surface area contributed by atoms with E-state index in [-0.39, 0.29) is 36.8 Å². The Bertz CT molecular complexity index is 1140. The van der Waals surface area contributed by atoms with Gasteiger partial charge in [0, 0.05) is 18.0 Å². The molecule has 3 aromatic rings. The second-order valence-corrected chi connectivity index (χ2v) is 7.88. The molecule has 3 aromatic carbocycles. The lowest BCUT2D eigenvalue weighted by atomic mass is 9.93. The summed E-state index contributed by atoms with van der Waals surface area (Å²) in [5.74, 6) is -1.26. The second-order valence-electron chi connectivity index (χ2n) is 7.88. The highest BCUT2D eigenvalue weighted by Gasteiger charge is 2.28. The molecule has 0 saturated heterocycles. The average molecular weight is 439 g/mol. The minimum Gasteiger partial charge on any atom is -0.504 e. The number of fused-ring (bicyclic) bond motifs is 1. The molecule has 0 radical (unpaired) electrons. The Kier molecular flexibility index (Phi) is 6.73. The van der Waals surface area contributed by atoms with E-state index in [0.29, 0.717) is 11.5 Å². The van der Waals surface area contributed by atoms with Crippen LogP contribution in [0, 0.1) is 5.41 Å². The summed E-state index contributed by atoms with van der Waals surface area (Å²) in [6.07, 6.45) is 0. The van der Waals surface area contributed by atoms with Crippen LogP contribution in [0.5, 0.6) is 23.0 Å². The van der Waals surface area contributed by atoms with Crippen molar-refractivity contribution in [1.29, 1.82) is 0 Å². The summed E-state index contributed by atoms with van der Waals surface area (Å²) in [7, 11) is 0. The van der Waals surface area contributed by atoms with Gasteiger partial charge in [0.25, 0.3) is 5.91 Å². The van der Waals surface area contributed by atoms with Gasteiger partial charge in [-0.25, -0.2) is 0 Å². The summed E-state index contributed by atoms with van der Waals surface area (Å²) in [5.41, 5.74) is -0.830. The fourth-order valence-electron chi connectivity index (χ4n) is 2.95. The zero-order valence-corrected chi connectivity index (χ0v) is 17.8. The van der Waals surface area contributed by atoms with E-state index < -0.39 is 17.3 Å². The van der Waals surface area contributed by atoms with E-state index in [1.165, 1.54) is 32.0 Å². The number of carbonyl (C=O) groups excluding carboxylic acids is 1. The first-order valence-corrected chi connectivity index (χ1v) is 10.00. The van der Waals surface area contributed by atoms with Crippen molar-refractivity contribution in [2.45, 2.75) is 13.8 Å². The number of aliphatic carboxylic acids is 1. The number of aromatic hydroxyl groups is 2. The Morgan fingerprint density at radius 1 is 0.938 bits per heavy atom. The van der Waals surface area contributed by atoms with Gasteiger partial charge in [-0.1, -0.05) is 30.3 Å². The maximum atomic E-state index is 12.8. The van der Waals surface area contributed by atoms with Crippen molar-refractivity contribution in [3.63, 3.8) is 0 Å². The van der Waals surface area contributed by atoms with Gasteiger partial charge in [-0.3, -0.25) is 9.59 Å². The molecule has 8 heteroatoms. The molecule has 0 fully saturated rings. The predicted octanol–water partition coefficient (Wildman–Crippen LogP) is 3.55. The molecule has 0 aromatic heterocycles. The molecule has 0 bridgehead atoms. The Labute approximate surface area is 185 Å². The van der Waals surface area contributed by atoms with Gasteiger partial charge < -0.3 is 30.1 Å². The zero-order chi connectivity index (χ0) is 23.3. The number of hydrogen-bond donors (Lipinski definition) is 4. The lowest BCUT2D eigenvalue weighted by Gasteiger charge is -2.20. The number of carbonyl (C=O) groups is 2. The van der Waals surface area contributed by atoms with Crippen molar-refractivity contribution in [2.75, 3.05) is 19.8 Å². The molecule has 0 aliphatic heterocycles. The Morgan fingerprint density at radius 3 is 2.38 bits per heavy atom. The maximum absolute atomic E-state index is 12.8. The van der Waals surface area contributed by atoms with Crippen LogP contribution in [-0.4, -0.2) is 47.0 Å². The highest BCUT2D eigenvalue weighted by Crippen LogP contribution is 2.31. The zero-order valence-electron chi connectivity index (χ0n) is 17.8. The fraction of sp³-hybridized carbons (Fsp3) is 0.250. The third-order valence-electron chi connectivity index (χ3n) is 4.94. The lowest BCUT2D eigenvalue weighted by molar-refractivity contribution is -0.146. The molecule has 1 amide bonds. The first-order chi connectivity index (χ1) is 15.2. The quantitative estimate of drug-likeness (QED) is 0.297. The van der Waals surface area contributed by atoms with E-state index in [4.69, 9.17) is 9.47 Å². The van der Waals surface area contributed by atoms with Crippen molar-refractivity contribution in [1.82, 2.24) is 5.32 Å². The van der Waals surface area contributed by atoms with Gasteiger partial charge in [0.05, 0.1) is 11.0 Å². The van der Waals surface area contributed by atoms with Gasteiger partial charge in [-0.2, -0.15) is 0 Å². The van der Waals surface area contributed by atoms with Crippen LogP contribution in [0.25, 0.3) is 10.8 Å². The van der Waals surface area contributed by atoms with E-state index in [2.05, 4.69) is 5.32 Å². The molecule has 0 heterocycles. The van der Waals surface area contributed by atoms with E-state index in [1.807, 2.05) is 24.3 Å². The highest BCUT2D eigenvalue weighted by atomic mass is 16.5. The molecular weight excluding hydrogens is 414 g/mol. The largest absolute Gasteiger partial charge is 0.504 e. The molecule has 3 rings (SSSR count). The third-order valence-corrected chi connectivity index (χ3v) is 4.94. The molecule has 8 nitrogen and oxygen atoms in total. The van der Waals surface area contributed by atoms with Crippen LogP contribution < -0.4 is 14.8 Å². The number of phenols is 2. The van der Waals surface area contributed by atoms with Crippen LogP contribution in [0.15, 0.2) is 54.6 Å². The van der Waals surface area contributed by atoms with E-state index in [9.17, 15) is 24.9 Å². The SMILES string of the molecule is CC(C)(CNC(=O)c1ccc2ccccc2c1OCCOc1ccc(O)c(O)c1)C(=O)O. The van der Waals surface area contributed by atoms with Gasteiger partial charge in [-0.05, 0) is 37.4 Å². The summed E-state index contributed by atoms with van der Waals surface area (Å²) in [5, 5.41) is 32.5. The molecule has 32 heavy (non-hydrogen) atoms. The van der Waals surface area contributed by atoms with E-state index >= 15 is 0 Å². The van der Waals surface area contributed by atoms with Crippen molar-refractivity contribution >= 4 is 22.6 Å². The van der Waals surface area contributed by atoms with E-state index in [1.54, 1.807) is 12.1 Å². The van der Waals surface area contributed by atoms with Crippen LogP contribution in [0.3, 0.4) is 0 Å². The monoisotopic (exact) mass is 439 g/mol. The molecule has 168 valence electrons. The molecular formula is C24H25NO7. The van der Waals surface area contributed by atoms with Crippen LogP contribution in [-0.2, 0) is 4.79 Å². The summed E-state index contributed by atoms with van der Waals surface area (Å²) in [6.45, 7) is 3.26. The number of benzene rings is 3. The van der Waals surface area contributed by atoms with Crippen LogP contribution in [0.4, 0.5) is 0 Å². The number of carboxylic acids is 1. The van der Waals surface area contributed by atoms with Crippen molar-refractivity contribution in [2.24, 2.45) is 5.41 Å². The van der Waals surface area contributed by atoms with Gasteiger partial charge in [0.2, 0.25) is 0 Å². The first kappa shape index (κ1) is 22.7. The minimum atomic E-state index is -1.11. The summed E-state index contributed by atoms with van der Waals surface area (Å²) in [4.78, 5) is 24.2. The van der Waals surface area contributed by atoms with Gasteiger partial charge in [-0.15, -0.1) is 0 Å². The molecule has 0 saturated carbocycles. The number of phenolic OH excluding ortho intramolecular Hbond substituents is 2. The number of rotatable bonds is 9. The van der Waals surface area contributed by atoms with E-state index in [0.717, 1.165) is 10.8 Å². The van der Waals surface area contributed by atoms with Gasteiger partial charge in [0.1, 0.15) is 24.7 Å². The Balaban J connectivity index is 1.75. The van der Waals surface area contributed by atoms with Gasteiger partial charge >= 0.3 is 5.97 Å². The van der Waals surface area contributed by atoms with Crippen molar-refractivity contribution in [3.8, 4) is 23.0 Å². The summed E-state index contributed by atoms with van der Waals surface area (Å²) < 4.78 is 11.4. The molecule has 0 unspecified atom stereocenters. The number of ether oxygens (including phenoxy) is 2. The lowest BCUT2D eigenvalue weighted by Crippen LogP contribution is -2.39. The molecule has 0 atom stereocenters. The molecule has 0 aliphatic rings. The fourth-order valence-corrected chi connectivity index (χ4v) is 2.95. The molecule has 4 N–H and O–H groups in total. The van der Waals surface area contributed by atoms with Gasteiger partial charge in [0.15, 0.2) is 11.5 Å². The number of amides is 1. The van der Waals surface area contributed by atoms with Crippen LogP contribution in [0.2, 0.25) is 0 Å². The predicted molar refractivity (Wildman–Crippen MR) is 118 cm³/mol. The normalized spacial score (nSPS) is 11.2. The molecule has 0 aliphatic carbocycles. The standard InChI is InChI=1S/C24H25NO7/c1-24(2,23(29)30)14-25-22(28)18-9-7-15-5-3-4-6-17(15)21(18)32-12-11-31-16-8-10-19(26)20(27)13-16/h3-10,13,26-27H,11-12,14H2,1-2H3,(H,25,28)(H,29,30). The second kappa shape index (κ2) is 9.47. The van der Waals surface area contributed by atoms with Crippen LogP contribution in [0.1, 0.15) is 24.2 Å². The van der Waals surface area contributed by atoms with Crippen LogP contribution >= 0.6 is 0 Å². The highest BCUT2D eigenvalue weighted by molar-refractivity contribution is 6.04. The Hall–Kier alpha value is -3.94. The van der Waals surface area contributed by atoms with Crippen molar-refractivity contribution in [3.05, 3.63) is 60.2 Å². The first-order valence-electron chi connectivity index (χ1n) is 10.00. The third kappa shape index (κ3) is 5.21. The topological polar surface area (TPSA) is 125 Å². The molecule has 0 spiro atoms. The van der Waals surface area contributed by atoms with Crippen molar-refractivity contribution < 1.29 is 34.4 Å². The maximum Gasteiger partial charge on any atom is 0.310 e. The number of carboxylic acid groups (broad SMARTS) is 1. The number of nitrogens with one attached hydrogen (secondary N) is 1. The number of hydrogen-bond acceptors (Lipinski definition) is 6. The minimum absolute atomic E-state index is 0.0408. The Morgan fingerprint density at radius 2 is 1.66 bits per heavy atom. The smallest absolute Gasteiger partial charge is 0.310 e. The summed E-state index contributed by atoms with van der Waals surface area (Å²) in [6, 6.07) is 15.0.